The lowest BCUT2D eigenvalue weighted by atomic mass is 9.88. The van der Waals surface area contributed by atoms with Gasteiger partial charge in [0, 0.05) is 0 Å². The summed E-state index contributed by atoms with van der Waals surface area (Å²) in [4.78, 5) is 0. The van der Waals surface area contributed by atoms with Crippen LogP contribution in [0.25, 0.3) is 33.4 Å². The van der Waals surface area contributed by atoms with Crippen LogP contribution in [0.5, 0.6) is 46.0 Å². The predicted molar refractivity (Wildman–Crippen MR) is 116 cm³/mol. The Bertz CT molecular complexity index is 1260. The summed E-state index contributed by atoms with van der Waals surface area (Å²) in [6.45, 7) is 0. The van der Waals surface area contributed by atoms with Crippen molar-refractivity contribution in [1.29, 1.82) is 0 Å². The van der Waals surface area contributed by atoms with Crippen molar-refractivity contribution < 1.29 is 40.9 Å². The van der Waals surface area contributed by atoms with Gasteiger partial charge >= 0.3 is 0 Å². The zero-order chi connectivity index (χ0) is 23.2. The van der Waals surface area contributed by atoms with E-state index in [1.807, 2.05) is 0 Å². The first-order chi connectivity index (χ1) is 15.2. The van der Waals surface area contributed by atoms with Crippen LogP contribution in [-0.4, -0.2) is 40.9 Å². The molecule has 0 radical (unpaired) electrons. The second-order valence-corrected chi connectivity index (χ2v) is 7.18. The van der Waals surface area contributed by atoms with Crippen LogP contribution in [0.15, 0.2) is 60.7 Å². The van der Waals surface area contributed by atoms with Gasteiger partial charge in [-0.25, -0.2) is 0 Å². The zero-order valence-electron chi connectivity index (χ0n) is 16.4. The fourth-order valence-corrected chi connectivity index (χ4v) is 3.46. The second kappa shape index (κ2) is 7.51. The summed E-state index contributed by atoms with van der Waals surface area (Å²) in [5, 5.41) is 79.7. The van der Waals surface area contributed by atoms with E-state index in [9.17, 15) is 40.9 Å². The van der Waals surface area contributed by atoms with Crippen molar-refractivity contribution in [1.82, 2.24) is 0 Å². The third-order valence-corrected chi connectivity index (χ3v) is 5.09. The third-order valence-electron chi connectivity index (χ3n) is 5.09. The lowest BCUT2D eigenvalue weighted by Gasteiger charge is -2.17. The maximum atomic E-state index is 10.2. The quantitative estimate of drug-likeness (QED) is 0.221. The van der Waals surface area contributed by atoms with Gasteiger partial charge in [-0.05, 0) is 81.9 Å². The van der Waals surface area contributed by atoms with Crippen molar-refractivity contribution in [2.24, 2.45) is 0 Å². The number of benzene rings is 4. The van der Waals surface area contributed by atoms with Gasteiger partial charge in [0.15, 0.2) is 46.0 Å². The lowest BCUT2D eigenvalue weighted by molar-refractivity contribution is 0.403. The molecule has 0 bridgehead atoms. The van der Waals surface area contributed by atoms with Crippen LogP contribution in [0.1, 0.15) is 0 Å². The molecule has 4 aromatic carbocycles. The molecule has 32 heavy (non-hydrogen) atoms. The van der Waals surface area contributed by atoms with E-state index in [0.29, 0.717) is 33.4 Å². The highest BCUT2D eigenvalue weighted by molar-refractivity contribution is 5.94. The third kappa shape index (κ3) is 3.50. The number of phenols is 8. The molecule has 0 aliphatic carbocycles. The van der Waals surface area contributed by atoms with Gasteiger partial charge in [0.25, 0.3) is 0 Å². The molecule has 8 heteroatoms. The average molecular weight is 434 g/mol. The minimum absolute atomic E-state index is 0.295. The highest BCUT2D eigenvalue weighted by Gasteiger charge is 2.20. The van der Waals surface area contributed by atoms with Gasteiger partial charge in [-0.15, -0.1) is 0 Å². The van der Waals surface area contributed by atoms with Gasteiger partial charge in [0.05, 0.1) is 0 Å². The van der Waals surface area contributed by atoms with Crippen LogP contribution in [-0.2, 0) is 0 Å². The van der Waals surface area contributed by atoms with E-state index in [0.717, 1.165) is 0 Å². The number of hydrogen-bond donors (Lipinski definition) is 8. The van der Waals surface area contributed by atoms with Crippen LogP contribution in [0.4, 0.5) is 0 Å². The molecule has 0 aliphatic rings. The highest BCUT2D eigenvalue weighted by atomic mass is 16.3. The standard InChI is InChI=1S/C24H18O8/c25-17-3-1-11(5-19(17)27)13-7-21(29)23(31)9-15(13)16-10-24(32)22(30)8-14(16)12-2-4-18(26)20(28)6-12/h1-10,25-32H. The molecular formula is C24H18O8. The number of hydrogen-bond acceptors (Lipinski definition) is 8. The Morgan fingerprint density at radius 3 is 0.875 bits per heavy atom. The monoisotopic (exact) mass is 434 g/mol. The predicted octanol–water partition coefficient (Wildman–Crippen LogP) is 4.33. The van der Waals surface area contributed by atoms with Gasteiger partial charge in [-0.3, -0.25) is 0 Å². The molecule has 0 saturated heterocycles. The van der Waals surface area contributed by atoms with Crippen LogP contribution in [0.3, 0.4) is 0 Å². The summed E-state index contributed by atoms with van der Waals surface area (Å²) in [6.07, 6.45) is 0. The summed E-state index contributed by atoms with van der Waals surface area (Å²) in [7, 11) is 0. The maximum absolute atomic E-state index is 10.2. The Balaban J connectivity index is 2.05. The molecular weight excluding hydrogens is 416 g/mol. The minimum atomic E-state index is -0.459. The van der Waals surface area contributed by atoms with Crippen LogP contribution in [0, 0.1) is 0 Å². The van der Waals surface area contributed by atoms with Gasteiger partial charge in [0.1, 0.15) is 0 Å². The first-order valence-corrected chi connectivity index (χ1v) is 9.32. The molecule has 162 valence electrons. The summed E-state index contributed by atoms with van der Waals surface area (Å²) >= 11 is 0. The van der Waals surface area contributed by atoms with E-state index in [4.69, 9.17) is 0 Å². The molecule has 4 rings (SSSR count). The van der Waals surface area contributed by atoms with Crippen molar-refractivity contribution in [3.05, 3.63) is 60.7 Å². The molecule has 8 N–H and O–H groups in total. The first kappa shape index (κ1) is 20.5. The minimum Gasteiger partial charge on any atom is -0.504 e. The van der Waals surface area contributed by atoms with Crippen molar-refractivity contribution in [3.8, 4) is 79.4 Å². The normalized spacial score (nSPS) is 10.9. The largest absolute Gasteiger partial charge is 0.504 e. The zero-order valence-corrected chi connectivity index (χ0v) is 16.4. The Kier molecular flexibility index (Phi) is 4.82. The van der Waals surface area contributed by atoms with Crippen molar-refractivity contribution in [2.75, 3.05) is 0 Å². The van der Waals surface area contributed by atoms with Gasteiger partial charge < -0.3 is 40.9 Å². The number of rotatable bonds is 3. The van der Waals surface area contributed by atoms with Crippen LogP contribution >= 0.6 is 0 Å². The van der Waals surface area contributed by atoms with E-state index in [-0.39, 0.29) is 11.5 Å². The van der Waals surface area contributed by atoms with Crippen molar-refractivity contribution in [3.63, 3.8) is 0 Å². The molecule has 0 aliphatic heterocycles. The molecule has 0 amide bonds. The molecule has 0 saturated carbocycles. The van der Waals surface area contributed by atoms with E-state index in [2.05, 4.69) is 0 Å². The molecule has 4 aromatic rings. The topological polar surface area (TPSA) is 162 Å². The van der Waals surface area contributed by atoms with E-state index >= 15 is 0 Å². The highest BCUT2D eigenvalue weighted by Crippen LogP contribution is 2.47. The summed E-state index contributed by atoms with van der Waals surface area (Å²) in [5.41, 5.74) is 1.98. The Hall–Kier alpha value is -4.72. The summed E-state index contributed by atoms with van der Waals surface area (Å²) in [6, 6.07) is 13.0. The molecule has 0 heterocycles. The molecule has 8 nitrogen and oxygen atoms in total. The Morgan fingerprint density at radius 2 is 0.562 bits per heavy atom. The first-order valence-electron chi connectivity index (χ1n) is 9.32. The molecule has 0 atom stereocenters. The van der Waals surface area contributed by atoms with E-state index in [1.165, 1.54) is 60.7 Å². The van der Waals surface area contributed by atoms with E-state index < -0.39 is 34.5 Å². The second-order valence-electron chi connectivity index (χ2n) is 7.18. The van der Waals surface area contributed by atoms with Crippen LogP contribution < -0.4 is 0 Å². The van der Waals surface area contributed by atoms with Crippen LogP contribution in [0.2, 0.25) is 0 Å². The maximum Gasteiger partial charge on any atom is 0.158 e. The Labute approximate surface area is 181 Å². The molecule has 0 unspecified atom stereocenters. The van der Waals surface area contributed by atoms with Gasteiger partial charge in [-0.2, -0.15) is 0 Å². The lowest BCUT2D eigenvalue weighted by Crippen LogP contribution is -1.91. The van der Waals surface area contributed by atoms with E-state index in [1.54, 1.807) is 0 Å². The number of phenolic OH excluding ortho intramolecular Hbond substituents is 8. The fraction of sp³-hybridized carbons (Fsp3) is 0. The van der Waals surface area contributed by atoms with Crippen molar-refractivity contribution >= 4 is 0 Å². The SMILES string of the molecule is Oc1ccc(-c2cc(O)c(O)cc2-c2cc(O)c(O)cc2-c2ccc(O)c(O)c2)cc1O. The summed E-state index contributed by atoms with van der Waals surface area (Å²) in [5.74, 6) is -3.30. The molecule has 0 spiro atoms. The number of aromatic hydroxyl groups is 8. The molecule has 0 aromatic heterocycles. The Morgan fingerprint density at radius 1 is 0.281 bits per heavy atom. The smallest absolute Gasteiger partial charge is 0.158 e. The fourth-order valence-electron chi connectivity index (χ4n) is 3.46. The average Bonchev–Trinajstić information content (AvgIpc) is 2.75. The van der Waals surface area contributed by atoms with Gasteiger partial charge in [0.2, 0.25) is 0 Å². The van der Waals surface area contributed by atoms with Crippen molar-refractivity contribution in [2.45, 2.75) is 0 Å². The molecule has 0 fully saturated rings. The van der Waals surface area contributed by atoms with Gasteiger partial charge in [-0.1, -0.05) is 12.1 Å². The summed E-state index contributed by atoms with van der Waals surface area (Å²) < 4.78 is 0.